The smallest absolute Gasteiger partial charge is 0.295 e. The molecule has 0 radical (unpaired) electrons. The van der Waals surface area contributed by atoms with E-state index < -0.39 is 28.1 Å². The molecule has 0 spiro atoms. The Morgan fingerprint density at radius 2 is 1.97 bits per heavy atom. The van der Waals surface area contributed by atoms with E-state index in [1.54, 1.807) is 31.4 Å². The molecule has 2 N–H and O–H groups in total. The number of ketones is 1. The fraction of sp³-hybridized carbons (Fsp3) is 0.167. The van der Waals surface area contributed by atoms with Gasteiger partial charge in [0.2, 0.25) is 5.82 Å². The Balaban J connectivity index is 1.87. The van der Waals surface area contributed by atoms with Gasteiger partial charge in [-0.3, -0.25) is 19.7 Å². The van der Waals surface area contributed by atoms with Gasteiger partial charge in [0.25, 0.3) is 11.6 Å². The molecule has 1 amide bonds. The number of Topliss-reactive ketones (excluding diaryl/α,β-unsaturated/α-hetero) is 1. The number of tetrazole rings is 1. The summed E-state index contributed by atoms with van der Waals surface area (Å²) >= 11 is 0. The molecule has 0 atom stereocenters. The Morgan fingerprint density at radius 3 is 2.57 bits per heavy atom. The van der Waals surface area contributed by atoms with Gasteiger partial charge in [0.1, 0.15) is 11.5 Å². The van der Waals surface area contributed by atoms with Gasteiger partial charge in [0.15, 0.2) is 5.78 Å². The van der Waals surface area contributed by atoms with E-state index in [4.69, 9.17) is 4.74 Å². The molecule has 0 aliphatic carbocycles. The lowest BCUT2D eigenvalue weighted by molar-refractivity contribution is -0.384. The van der Waals surface area contributed by atoms with E-state index >= 15 is 0 Å². The topological polar surface area (TPSA) is 162 Å². The van der Waals surface area contributed by atoms with Crippen LogP contribution >= 0.6 is 0 Å². The first-order valence-electron chi connectivity index (χ1n) is 8.53. The second-order valence-corrected chi connectivity index (χ2v) is 6.17. The van der Waals surface area contributed by atoms with Crippen molar-refractivity contribution in [2.24, 2.45) is 0 Å². The van der Waals surface area contributed by atoms with Crippen molar-refractivity contribution in [3.63, 3.8) is 0 Å². The minimum atomic E-state index is -0.821. The second-order valence-electron chi connectivity index (χ2n) is 6.17. The number of aromatic nitrogens is 4. The quantitative estimate of drug-likeness (QED) is 0.255. The van der Waals surface area contributed by atoms with Crippen molar-refractivity contribution in [2.75, 3.05) is 12.4 Å². The number of phenolic OH excluding ortho intramolecular Hbond substituents is 1. The molecule has 0 fully saturated rings. The fourth-order valence-corrected chi connectivity index (χ4v) is 2.64. The van der Waals surface area contributed by atoms with Crippen LogP contribution in [0.3, 0.4) is 0 Å². The molecule has 30 heavy (non-hydrogen) atoms. The van der Waals surface area contributed by atoms with Crippen molar-refractivity contribution in [1.29, 1.82) is 0 Å². The summed E-state index contributed by atoms with van der Waals surface area (Å²) in [5, 5.41) is 34.6. The zero-order chi connectivity index (χ0) is 21.8. The monoisotopic (exact) mass is 412 g/mol. The summed E-state index contributed by atoms with van der Waals surface area (Å²) in [5.41, 5.74) is -0.281. The van der Waals surface area contributed by atoms with Crippen molar-refractivity contribution in [3.8, 4) is 11.5 Å². The standard InChI is InChI=1S/C18H16N6O6/c1-10(25)14-7-12(24(28)29)8-15(16(14)26)19-18(27)17-20-21-22-23(17)9-11-3-5-13(30-2)6-4-11/h3-8,26H,9H2,1-2H3,(H,19,27). The number of hydrogen-bond acceptors (Lipinski definition) is 9. The number of aromatic hydroxyl groups is 1. The molecule has 0 bridgehead atoms. The van der Waals surface area contributed by atoms with Gasteiger partial charge >= 0.3 is 0 Å². The van der Waals surface area contributed by atoms with Crippen LogP contribution in [0.4, 0.5) is 11.4 Å². The van der Waals surface area contributed by atoms with Gasteiger partial charge in [-0.2, -0.15) is 0 Å². The van der Waals surface area contributed by atoms with Crippen LogP contribution in [-0.2, 0) is 6.54 Å². The lowest BCUT2D eigenvalue weighted by atomic mass is 10.1. The number of phenols is 1. The lowest BCUT2D eigenvalue weighted by Crippen LogP contribution is -2.20. The average Bonchev–Trinajstić information content (AvgIpc) is 3.17. The predicted molar refractivity (Wildman–Crippen MR) is 103 cm³/mol. The van der Waals surface area contributed by atoms with Crippen molar-refractivity contribution in [3.05, 3.63) is 63.5 Å². The Labute approximate surface area is 169 Å². The summed E-state index contributed by atoms with van der Waals surface area (Å²) in [5.74, 6) is -1.54. The summed E-state index contributed by atoms with van der Waals surface area (Å²) in [7, 11) is 1.54. The molecule has 0 aliphatic rings. The van der Waals surface area contributed by atoms with Crippen LogP contribution in [-0.4, -0.2) is 49.0 Å². The largest absolute Gasteiger partial charge is 0.505 e. The van der Waals surface area contributed by atoms with Crippen molar-refractivity contribution >= 4 is 23.1 Å². The fourth-order valence-electron chi connectivity index (χ4n) is 2.64. The zero-order valence-electron chi connectivity index (χ0n) is 15.9. The third-order valence-electron chi connectivity index (χ3n) is 4.16. The first-order valence-corrected chi connectivity index (χ1v) is 8.53. The number of anilines is 1. The van der Waals surface area contributed by atoms with Crippen LogP contribution < -0.4 is 10.1 Å². The van der Waals surface area contributed by atoms with Crippen LogP contribution in [0.25, 0.3) is 0 Å². The van der Waals surface area contributed by atoms with Crippen LogP contribution in [0.2, 0.25) is 0 Å². The number of hydrogen-bond donors (Lipinski definition) is 2. The molecule has 12 heteroatoms. The highest BCUT2D eigenvalue weighted by Gasteiger charge is 2.23. The summed E-state index contributed by atoms with van der Waals surface area (Å²) in [6.45, 7) is 1.30. The predicted octanol–water partition coefficient (Wildman–Crippen LogP) is 1.80. The molecule has 1 heterocycles. The summed E-state index contributed by atoms with van der Waals surface area (Å²) in [4.78, 5) is 34.7. The number of ether oxygens (including phenoxy) is 1. The van der Waals surface area contributed by atoms with E-state index in [2.05, 4.69) is 20.8 Å². The number of benzene rings is 2. The van der Waals surface area contributed by atoms with Gasteiger partial charge < -0.3 is 15.2 Å². The average molecular weight is 412 g/mol. The Bertz CT molecular complexity index is 1120. The molecule has 12 nitrogen and oxygen atoms in total. The van der Waals surface area contributed by atoms with E-state index in [1.165, 1.54) is 4.68 Å². The maximum Gasteiger partial charge on any atom is 0.295 e. The van der Waals surface area contributed by atoms with Gasteiger partial charge in [-0.05, 0) is 35.0 Å². The number of nitrogens with one attached hydrogen (secondary N) is 1. The number of amides is 1. The van der Waals surface area contributed by atoms with E-state index in [0.717, 1.165) is 24.6 Å². The lowest BCUT2D eigenvalue weighted by Gasteiger charge is -2.10. The minimum absolute atomic E-state index is 0.166. The van der Waals surface area contributed by atoms with Crippen molar-refractivity contribution in [1.82, 2.24) is 20.2 Å². The molecule has 2 aromatic carbocycles. The third kappa shape index (κ3) is 4.22. The number of methoxy groups -OCH3 is 1. The second kappa shape index (κ2) is 8.34. The number of carbonyl (C=O) groups is 2. The summed E-state index contributed by atoms with van der Waals surface area (Å²) in [6.07, 6.45) is 0. The van der Waals surface area contributed by atoms with Crippen molar-refractivity contribution < 1.29 is 24.4 Å². The van der Waals surface area contributed by atoms with Crippen LogP contribution in [0, 0.1) is 10.1 Å². The van der Waals surface area contributed by atoms with Gasteiger partial charge in [-0.1, -0.05) is 12.1 Å². The van der Waals surface area contributed by atoms with Gasteiger partial charge in [0.05, 0.1) is 29.8 Å². The zero-order valence-corrected chi connectivity index (χ0v) is 15.9. The maximum absolute atomic E-state index is 12.6. The molecule has 154 valence electrons. The summed E-state index contributed by atoms with van der Waals surface area (Å²) in [6, 6.07) is 8.90. The highest BCUT2D eigenvalue weighted by atomic mass is 16.6. The highest BCUT2D eigenvalue weighted by molar-refractivity contribution is 6.05. The maximum atomic E-state index is 12.6. The molecular formula is C18H16N6O6. The number of rotatable bonds is 7. The number of carbonyl (C=O) groups excluding carboxylic acids is 2. The first kappa shape index (κ1) is 20.4. The Hall–Kier alpha value is -4.35. The highest BCUT2D eigenvalue weighted by Crippen LogP contribution is 2.33. The molecule has 0 aliphatic heterocycles. The molecule has 0 saturated carbocycles. The minimum Gasteiger partial charge on any atom is -0.505 e. The first-order chi connectivity index (χ1) is 14.3. The molecule has 0 unspecified atom stereocenters. The van der Waals surface area contributed by atoms with Crippen molar-refractivity contribution in [2.45, 2.75) is 13.5 Å². The van der Waals surface area contributed by atoms with E-state index in [1.807, 2.05) is 0 Å². The van der Waals surface area contributed by atoms with Gasteiger partial charge in [-0.15, -0.1) is 5.10 Å². The van der Waals surface area contributed by atoms with E-state index in [-0.39, 0.29) is 23.6 Å². The van der Waals surface area contributed by atoms with Crippen LogP contribution in [0.15, 0.2) is 36.4 Å². The van der Waals surface area contributed by atoms with Crippen LogP contribution in [0.5, 0.6) is 11.5 Å². The number of nitrogens with zero attached hydrogens (tertiary/aromatic N) is 5. The van der Waals surface area contributed by atoms with Gasteiger partial charge in [-0.25, -0.2) is 4.68 Å². The normalized spacial score (nSPS) is 10.5. The SMILES string of the molecule is COc1ccc(Cn2nnnc2C(=O)Nc2cc([N+](=O)[O-])cc(C(C)=O)c2O)cc1. The third-order valence-corrected chi connectivity index (χ3v) is 4.16. The molecule has 3 aromatic rings. The number of non-ortho nitro benzene ring substituents is 1. The molecule has 1 aromatic heterocycles. The number of nitro groups is 1. The van der Waals surface area contributed by atoms with E-state index in [0.29, 0.717) is 5.75 Å². The van der Waals surface area contributed by atoms with Crippen LogP contribution in [0.1, 0.15) is 33.5 Å². The van der Waals surface area contributed by atoms with E-state index in [9.17, 15) is 24.8 Å². The Kier molecular flexibility index (Phi) is 5.67. The molecule has 0 saturated heterocycles. The molecule has 3 rings (SSSR count). The number of nitro benzene ring substituents is 1. The summed E-state index contributed by atoms with van der Waals surface area (Å²) < 4.78 is 6.31. The molecular weight excluding hydrogens is 396 g/mol. The Morgan fingerprint density at radius 1 is 1.27 bits per heavy atom. The van der Waals surface area contributed by atoms with Gasteiger partial charge in [0, 0.05) is 12.1 Å².